The van der Waals surface area contributed by atoms with Crippen molar-refractivity contribution < 1.29 is 0 Å². The van der Waals surface area contributed by atoms with E-state index in [9.17, 15) is 0 Å². The van der Waals surface area contributed by atoms with E-state index in [1.165, 1.54) is 63.0 Å². The summed E-state index contributed by atoms with van der Waals surface area (Å²) in [7, 11) is 0. The lowest BCUT2D eigenvalue weighted by atomic mass is 9.97. The van der Waals surface area contributed by atoms with Crippen LogP contribution in [0, 0.1) is 0 Å². The molecule has 2 nitrogen and oxygen atoms in total. The second kappa shape index (κ2) is 5.54. The molecule has 0 unspecified atom stereocenters. The molecule has 0 aromatic heterocycles. The highest BCUT2D eigenvalue weighted by atomic mass is 15.2. The molecule has 0 radical (unpaired) electrons. The summed E-state index contributed by atoms with van der Waals surface area (Å²) in [4.78, 5) is 2.62. The van der Waals surface area contributed by atoms with E-state index in [1.54, 1.807) is 0 Å². The van der Waals surface area contributed by atoms with Gasteiger partial charge in [0.25, 0.3) is 0 Å². The topological polar surface area (TPSA) is 15.3 Å². The van der Waals surface area contributed by atoms with Crippen LogP contribution in [-0.2, 0) is 6.42 Å². The van der Waals surface area contributed by atoms with Crippen molar-refractivity contribution >= 4 is 5.69 Å². The van der Waals surface area contributed by atoms with Gasteiger partial charge in [0.2, 0.25) is 0 Å². The third-order valence-electron chi connectivity index (χ3n) is 4.84. The third-order valence-corrected chi connectivity index (χ3v) is 4.84. The SMILES string of the molecule is CCc1cccc(N2CCCNC3(CCCC3)C2)c1. The normalized spacial score (nSPS) is 22.7. The van der Waals surface area contributed by atoms with E-state index in [4.69, 9.17) is 0 Å². The first-order chi connectivity index (χ1) is 9.31. The Morgan fingerprint density at radius 2 is 2.05 bits per heavy atom. The Bertz CT molecular complexity index is 421. The minimum absolute atomic E-state index is 0.402. The van der Waals surface area contributed by atoms with Gasteiger partial charge in [-0.25, -0.2) is 0 Å². The molecule has 2 fully saturated rings. The van der Waals surface area contributed by atoms with Gasteiger partial charge in [-0.1, -0.05) is 31.9 Å². The van der Waals surface area contributed by atoms with Crippen LogP contribution >= 0.6 is 0 Å². The quantitative estimate of drug-likeness (QED) is 0.875. The molecular formula is C17H26N2. The standard InChI is InChI=1S/C17H26N2/c1-2-15-7-5-8-16(13-15)19-12-6-11-18-17(14-19)9-3-4-10-17/h5,7-8,13,18H,2-4,6,9-12,14H2,1H3. The van der Waals surface area contributed by atoms with E-state index in [0.29, 0.717) is 5.54 Å². The highest BCUT2D eigenvalue weighted by molar-refractivity contribution is 5.49. The summed E-state index contributed by atoms with van der Waals surface area (Å²) in [5.41, 5.74) is 3.28. The first-order valence-corrected chi connectivity index (χ1v) is 7.90. The molecule has 0 bridgehead atoms. The van der Waals surface area contributed by atoms with Gasteiger partial charge in [-0.2, -0.15) is 0 Å². The van der Waals surface area contributed by atoms with Crippen molar-refractivity contribution in [2.24, 2.45) is 0 Å². The van der Waals surface area contributed by atoms with E-state index < -0.39 is 0 Å². The molecule has 0 amide bonds. The van der Waals surface area contributed by atoms with Gasteiger partial charge in [-0.15, -0.1) is 0 Å². The fourth-order valence-corrected chi connectivity index (χ4v) is 3.70. The minimum atomic E-state index is 0.402. The minimum Gasteiger partial charge on any atom is -0.370 e. The Morgan fingerprint density at radius 3 is 2.84 bits per heavy atom. The second-order valence-electron chi connectivity index (χ2n) is 6.21. The van der Waals surface area contributed by atoms with E-state index in [-0.39, 0.29) is 0 Å². The van der Waals surface area contributed by atoms with Gasteiger partial charge in [-0.05, 0) is 49.9 Å². The average Bonchev–Trinajstić information content (AvgIpc) is 2.79. The van der Waals surface area contributed by atoms with Gasteiger partial charge in [-0.3, -0.25) is 0 Å². The Labute approximate surface area is 117 Å². The van der Waals surface area contributed by atoms with Crippen LogP contribution in [-0.4, -0.2) is 25.2 Å². The van der Waals surface area contributed by atoms with Crippen LogP contribution in [0.3, 0.4) is 0 Å². The van der Waals surface area contributed by atoms with E-state index in [1.807, 2.05) is 0 Å². The third kappa shape index (κ3) is 2.79. The van der Waals surface area contributed by atoms with Gasteiger partial charge in [0.05, 0.1) is 0 Å². The van der Waals surface area contributed by atoms with Crippen LogP contribution in [0.2, 0.25) is 0 Å². The molecule has 2 heteroatoms. The average molecular weight is 258 g/mol. The van der Waals surface area contributed by atoms with Crippen LogP contribution in [0.1, 0.15) is 44.6 Å². The molecule has 1 aromatic carbocycles. The van der Waals surface area contributed by atoms with Crippen molar-refractivity contribution in [2.75, 3.05) is 24.5 Å². The highest BCUT2D eigenvalue weighted by Crippen LogP contribution is 2.33. The summed E-state index contributed by atoms with van der Waals surface area (Å²) in [6, 6.07) is 9.12. The van der Waals surface area contributed by atoms with Gasteiger partial charge in [0, 0.05) is 24.3 Å². The number of rotatable bonds is 2. The van der Waals surface area contributed by atoms with E-state index >= 15 is 0 Å². The maximum atomic E-state index is 3.84. The number of benzene rings is 1. The van der Waals surface area contributed by atoms with Crippen LogP contribution in [0.4, 0.5) is 5.69 Å². The Balaban J connectivity index is 1.81. The van der Waals surface area contributed by atoms with Crippen molar-refractivity contribution in [2.45, 2.75) is 51.0 Å². The maximum Gasteiger partial charge on any atom is 0.0369 e. The van der Waals surface area contributed by atoms with E-state index in [0.717, 1.165) is 6.42 Å². The lowest BCUT2D eigenvalue weighted by Gasteiger charge is -2.34. The summed E-state index contributed by atoms with van der Waals surface area (Å²) < 4.78 is 0. The maximum absolute atomic E-state index is 3.84. The van der Waals surface area contributed by atoms with Gasteiger partial charge >= 0.3 is 0 Å². The summed E-state index contributed by atoms with van der Waals surface area (Å²) in [6.45, 7) is 5.81. The van der Waals surface area contributed by atoms with Crippen LogP contribution < -0.4 is 10.2 Å². The number of hydrogen-bond donors (Lipinski definition) is 1. The monoisotopic (exact) mass is 258 g/mol. The predicted octanol–water partition coefficient (Wildman–Crippen LogP) is 3.36. The summed E-state index contributed by atoms with van der Waals surface area (Å²) >= 11 is 0. The summed E-state index contributed by atoms with van der Waals surface area (Å²) in [5.74, 6) is 0. The van der Waals surface area contributed by atoms with Crippen molar-refractivity contribution in [3.05, 3.63) is 29.8 Å². The fourth-order valence-electron chi connectivity index (χ4n) is 3.70. The Hall–Kier alpha value is -1.02. The molecular weight excluding hydrogens is 232 g/mol. The highest BCUT2D eigenvalue weighted by Gasteiger charge is 2.36. The van der Waals surface area contributed by atoms with Crippen LogP contribution in [0.5, 0.6) is 0 Å². The molecule has 1 spiro atoms. The van der Waals surface area contributed by atoms with Gasteiger partial charge in [0.15, 0.2) is 0 Å². The molecule has 2 aliphatic rings. The first-order valence-electron chi connectivity index (χ1n) is 7.90. The number of aryl methyl sites for hydroxylation is 1. The molecule has 104 valence electrons. The smallest absolute Gasteiger partial charge is 0.0369 e. The van der Waals surface area contributed by atoms with Gasteiger partial charge < -0.3 is 10.2 Å². The zero-order chi connectivity index (χ0) is 13.1. The second-order valence-corrected chi connectivity index (χ2v) is 6.21. The molecule has 1 aliphatic carbocycles. The molecule has 1 saturated heterocycles. The summed E-state index contributed by atoms with van der Waals surface area (Å²) in [6.07, 6.45) is 7.91. The van der Waals surface area contributed by atoms with Crippen molar-refractivity contribution in [3.8, 4) is 0 Å². The van der Waals surface area contributed by atoms with Crippen LogP contribution in [0.25, 0.3) is 0 Å². The molecule has 1 N–H and O–H groups in total. The Morgan fingerprint density at radius 1 is 1.21 bits per heavy atom. The molecule has 0 atom stereocenters. The molecule has 19 heavy (non-hydrogen) atoms. The fraction of sp³-hybridized carbons (Fsp3) is 0.647. The number of hydrogen-bond acceptors (Lipinski definition) is 2. The molecule has 1 heterocycles. The predicted molar refractivity (Wildman–Crippen MR) is 81.9 cm³/mol. The van der Waals surface area contributed by atoms with Crippen LogP contribution in [0.15, 0.2) is 24.3 Å². The summed E-state index contributed by atoms with van der Waals surface area (Å²) in [5, 5.41) is 3.84. The number of nitrogens with one attached hydrogen (secondary N) is 1. The molecule has 3 rings (SSSR count). The lowest BCUT2D eigenvalue weighted by Crippen LogP contribution is -2.49. The van der Waals surface area contributed by atoms with Crippen molar-refractivity contribution in [3.63, 3.8) is 0 Å². The first kappa shape index (κ1) is 13.0. The molecule has 1 saturated carbocycles. The van der Waals surface area contributed by atoms with Crippen molar-refractivity contribution in [1.29, 1.82) is 0 Å². The number of anilines is 1. The van der Waals surface area contributed by atoms with Crippen molar-refractivity contribution in [1.82, 2.24) is 5.32 Å². The number of nitrogens with zero attached hydrogens (tertiary/aromatic N) is 1. The Kier molecular flexibility index (Phi) is 3.79. The molecule has 1 aromatic rings. The molecule has 1 aliphatic heterocycles. The van der Waals surface area contributed by atoms with E-state index in [2.05, 4.69) is 41.4 Å². The zero-order valence-corrected chi connectivity index (χ0v) is 12.1. The van der Waals surface area contributed by atoms with Gasteiger partial charge in [0.1, 0.15) is 0 Å². The zero-order valence-electron chi connectivity index (χ0n) is 12.1. The lowest BCUT2D eigenvalue weighted by molar-refractivity contribution is 0.354. The largest absolute Gasteiger partial charge is 0.370 e.